The molecular weight excluding hydrogens is 372 g/mol. The molecule has 6 nitrogen and oxygen atoms in total. The Kier molecular flexibility index (Phi) is 9.47. The van der Waals surface area contributed by atoms with E-state index in [2.05, 4.69) is 0 Å². The predicted octanol–water partition coefficient (Wildman–Crippen LogP) is 4.71. The molecular formula is C23H36O6. The predicted molar refractivity (Wildman–Crippen MR) is 112 cm³/mol. The number of hydrogen-bond acceptors (Lipinski definition) is 6. The smallest absolute Gasteiger partial charge is 0.311 e. The molecule has 1 aromatic rings. The Bertz CT molecular complexity index is 624. The van der Waals surface area contributed by atoms with Crippen LogP contribution in [-0.2, 0) is 19.1 Å². The SMILES string of the molecule is COC(=O)C(C)(C)CCCOc1cc(C)cc(OCCCC(C)(C)C(=O)OC)c1. The molecule has 0 aliphatic heterocycles. The van der Waals surface area contributed by atoms with Gasteiger partial charge in [-0.15, -0.1) is 0 Å². The molecule has 0 fully saturated rings. The Morgan fingerprint density at radius 1 is 0.759 bits per heavy atom. The van der Waals surface area contributed by atoms with E-state index < -0.39 is 10.8 Å². The minimum atomic E-state index is -0.517. The molecule has 0 spiro atoms. The van der Waals surface area contributed by atoms with E-state index in [9.17, 15) is 9.59 Å². The van der Waals surface area contributed by atoms with Gasteiger partial charge in [0.15, 0.2) is 0 Å². The topological polar surface area (TPSA) is 71.1 Å². The van der Waals surface area contributed by atoms with Gasteiger partial charge in [-0.05, 0) is 78.0 Å². The zero-order valence-corrected chi connectivity index (χ0v) is 18.9. The van der Waals surface area contributed by atoms with Crippen LogP contribution in [0, 0.1) is 17.8 Å². The van der Waals surface area contributed by atoms with Crippen LogP contribution in [0.1, 0.15) is 58.9 Å². The molecule has 0 atom stereocenters. The first-order valence-corrected chi connectivity index (χ1v) is 10.1. The number of rotatable bonds is 12. The van der Waals surface area contributed by atoms with Crippen LogP contribution in [0.3, 0.4) is 0 Å². The fourth-order valence-electron chi connectivity index (χ4n) is 3.05. The van der Waals surface area contributed by atoms with Crippen LogP contribution in [0.25, 0.3) is 0 Å². The lowest BCUT2D eigenvalue weighted by molar-refractivity contribution is -0.152. The van der Waals surface area contributed by atoms with Crippen molar-refractivity contribution in [2.75, 3.05) is 27.4 Å². The average Bonchev–Trinajstić information content (AvgIpc) is 2.66. The minimum Gasteiger partial charge on any atom is -0.493 e. The van der Waals surface area contributed by atoms with E-state index in [-0.39, 0.29) is 11.9 Å². The van der Waals surface area contributed by atoms with Crippen LogP contribution in [0.2, 0.25) is 0 Å². The van der Waals surface area contributed by atoms with Crippen molar-refractivity contribution in [3.63, 3.8) is 0 Å². The lowest BCUT2D eigenvalue weighted by Gasteiger charge is -2.21. The van der Waals surface area contributed by atoms with Gasteiger partial charge in [0, 0.05) is 6.07 Å². The summed E-state index contributed by atoms with van der Waals surface area (Å²) in [5, 5.41) is 0. The normalized spacial score (nSPS) is 11.7. The standard InChI is InChI=1S/C23H36O6/c1-17-14-18(28-12-8-10-22(2,3)20(24)26-6)16-19(15-17)29-13-9-11-23(4,5)21(25)27-7/h14-16H,8-13H2,1-7H3. The van der Waals surface area contributed by atoms with Gasteiger partial charge in [0.25, 0.3) is 0 Å². The lowest BCUT2D eigenvalue weighted by atomic mass is 9.88. The number of esters is 2. The molecule has 0 aliphatic carbocycles. The van der Waals surface area contributed by atoms with E-state index in [1.165, 1.54) is 14.2 Å². The summed E-state index contributed by atoms with van der Waals surface area (Å²) in [4.78, 5) is 23.4. The highest BCUT2D eigenvalue weighted by Crippen LogP contribution is 2.27. The Morgan fingerprint density at radius 3 is 1.48 bits per heavy atom. The van der Waals surface area contributed by atoms with E-state index in [1.54, 1.807) is 0 Å². The molecule has 0 aliphatic rings. The number of hydrogen-bond donors (Lipinski definition) is 0. The molecule has 164 valence electrons. The van der Waals surface area contributed by atoms with Crippen molar-refractivity contribution >= 4 is 11.9 Å². The summed E-state index contributed by atoms with van der Waals surface area (Å²) in [5.74, 6) is 1.06. The van der Waals surface area contributed by atoms with E-state index in [4.69, 9.17) is 18.9 Å². The molecule has 0 bridgehead atoms. The summed E-state index contributed by atoms with van der Waals surface area (Å²) in [5.41, 5.74) is 0.00997. The first kappa shape index (κ1) is 24.8. The second kappa shape index (κ2) is 11.1. The van der Waals surface area contributed by atoms with Gasteiger partial charge in [-0.3, -0.25) is 9.59 Å². The van der Waals surface area contributed by atoms with Gasteiger partial charge in [0.2, 0.25) is 0 Å². The number of aryl methyl sites for hydroxylation is 1. The van der Waals surface area contributed by atoms with Crippen molar-refractivity contribution in [3.05, 3.63) is 23.8 Å². The van der Waals surface area contributed by atoms with Crippen LogP contribution < -0.4 is 9.47 Å². The fraction of sp³-hybridized carbons (Fsp3) is 0.652. The highest BCUT2D eigenvalue weighted by Gasteiger charge is 2.28. The largest absolute Gasteiger partial charge is 0.493 e. The first-order chi connectivity index (χ1) is 13.5. The summed E-state index contributed by atoms with van der Waals surface area (Å²) < 4.78 is 21.4. The zero-order chi connectivity index (χ0) is 22.1. The summed E-state index contributed by atoms with van der Waals surface area (Å²) in [6, 6.07) is 5.78. The Morgan fingerprint density at radius 2 is 1.14 bits per heavy atom. The van der Waals surface area contributed by atoms with E-state index in [0.29, 0.717) is 26.1 Å². The van der Waals surface area contributed by atoms with Gasteiger partial charge in [0.1, 0.15) is 11.5 Å². The highest BCUT2D eigenvalue weighted by molar-refractivity contribution is 5.76. The molecule has 29 heavy (non-hydrogen) atoms. The first-order valence-electron chi connectivity index (χ1n) is 10.1. The van der Waals surface area contributed by atoms with Gasteiger partial charge in [-0.25, -0.2) is 0 Å². The number of carbonyl (C=O) groups is 2. The number of benzene rings is 1. The van der Waals surface area contributed by atoms with Crippen LogP contribution in [0.5, 0.6) is 11.5 Å². The molecule has 1 rings (SSSR count). The van der Waals surface area contributed by atoms with Crippen LogP contribution >= 0.6 is 0 Å². The summed E-state index contributed by atoms with van der Waals surface area (Å²) >= 11 is 0. The van der Waals surface area contributed by atoms with Crippen molar-refractivity contribution in [1.29, 1.82) is 0 Å². The van der Waals surface area contributed by atoms with Crippen molar-refractivity contribution < 1.29 is 28.5 Å². The second-order valence-electron chi connectivity index (χ2n) is 8.64. The highest BCUT2D eigenvalue weighted by atomic mass is 16.5. The number of carbonyl (C=O) groups excluding carboxylic acids is 2. The summed E-state index contributed by atoms with van der Waals surface area (Å²) in [7, 11) is 2.82. The van der Waals surface area contributed by atoms with E-state index >= 15 is 0 Å². The van der Waals surface area contributed by atoms with Crippen molar-refractivity contribution in [3.8, 4) is 11.5 Å². The van der Waals surface area contributed by atoms with Crippen LogP contribution in [0.15, 0.2) is 18.2 Å². The van der Waals surface area contributed by atoms with Crippen LogP contribution in [-0.4, -0.2) is 39.4 Å². The van der Waals surface area contributed by atoms with Gasteiger partial charge in [0.05, 0.1) is 38.3 Å². The third-order valence-electron chi connectivity index (χ3n) is 4.93. The van der Waals surface area contributed by atoms with Crippen molar-refractivity contribution in [1.82, 2.24) is 0 Å². The maximum atomic E-state index is 11.7. The Labute approximate surface area is 174 Å². The van der Waals surface area contributed by atoms with Crippen molar-refractivity contribution in [2.45, 2.75) is 60.3 Å². The van der Waals surface area contributed by atoms with Gasteiger partial charge in [-0.1, -0.05) is 0 Å². The molecule has 1 aromatic carbocycles. The Balaban J connectivity index is 2.48. The molecule has 0 saturated carbocycles. The van der Waals surface area contributed by atoms with Gasteiger partial charge >= 0.3 is 11.9 Å². The molecule has 6 heteroatoms. The molecule has 0 unspecified atom stereocenters. The molecule has 0 heterocycles. The lowest BCUT2D eigenvalue weighted by Crippen LogP contribution is -2.26. The van der Waals surface area contributed by atoms with E-state index in [1.807, 2.05) is 52.8 Å². The van der Waals surface area contributed by atoms with Crippen molar-refractivity contribution in [2.24, 2.45) is 10.8 Å². The molecule has 0 radical (unpaired) electrons. The third-order valence-corrected chi connectivity index (χ3v) is 4.93. The van der Waals surface area contributed by atoms with Gasteiger partial charge < -0.3 is 18.9 Å². The maximum absolute atomic E-state index is 11.7. The Hall–Kier alpha value is -2.24. The second-order valence-corrected chi connectivity index (χ2v) is 8.64. The monoisotopic (exact) mass is 408 g/mol. The van der Waals surface area contributed by atoms with E-state index in [0.717, 1.165) is 29.9 Å². The van der Waals surface area contributed by atoms with Crippen LogP contribution in [0.4, 0.5) is 0 Å². The average molecular weight is 409 g/mol. The molecule has 0 aromatic heterocycles. The number of ether oxygens (including phenoxy) is 4. The molecule has 0 saturated heterocycles. The summed E-state index contributed by atoms with van der Waals surface area (Å²) in [6.07, 6.45) is 2.86. The molecule has 0 N–H and O–H groups in total. The summed E-state index contributed by atoms with van der Waals surface area (Å²) in [6.45, 7) is 10.5. The molecule has 0 amide bonds. The third kappa shape index (κ3) is 8.34. The van der Waals surface area contributed by atoms with Gasteiger partial charge in [-0.2, -0.15) is 0 Å². The maximum Gasteiger partial charge on any atom is 0.311 e. The quantitative estimate of drug-likeness (QED) is 0.368. The zero-order valence-electron chi connectivity index (χ0n) is 18.9. The minimum absolute atomic E-state index is 0.209. The number of methoxy groups -OCH3 is 2. The fourth-order valence-corrected chi connectivity index (χ4v) is 3.05.